The fraction of sp³-hybridized carbons (Fsp3) is 0.125. The van der Waals surface area contributed by atoms with E-state index in [1.54, 1.807) is 0 Å². The predicted octanol–water partition coefficient (Wildman–Crippen LogP) is 5.53. The number of nitrogens with zero attached hydrogens (tertiary/aromatic N) is 3. The molecule has 5 heteroatoms. The second kappa shape index (κ2) is 8.45. The van der Waals surface area contributed by atoms with Gasteiger partial charge in [0.05, 0.1) is 5.75 Å². The van der Waals surface area contributed by atoms with Gasteiger partial charge in [0, 0.05) is 16.8 Å². The van der Waals surface area contributed by atoms with E-state index in [0.717, 1.165) is 33.8 Å². The van der Waals surface area contributed by atoms with Gasteiger partial charge in [-0.05, 0) is 37.6 Å². The Morgan fingerprint density at radius 2 is 1.59 bits per heavy atom. The highest BCUT2D eigenvalue weighted by atomic mass is 32.2. The average Bonchev–Trinajstić information content (AvgIpc) is 3.19. The van der Waals surface area contributed by atoms with Gasteiger partial charge in [-0.3, -0.25) is 9.36 Å². The van der Waals surface area contributed by atoms with Crippen LogP contribution in [0.25, 0.3) is 17.1 Å². The summed E-state index contributed by atoms with van der Waals surface area (Å²) in [5.74, 6) is 1.17. The summed E-state index contributed by atoms with van der Waals surface area (Å²) < 4.78 is 2.01. The van der Waals surface area contributed by atoms with Crippen molar-refractivity contribution in [3.63, 3.8) is 0 Å². The molecule has 4 rings (SSSR count). The van der Waals surface area contributed by atoms with Crippen LogP contribution >= 0.6 is 11.8 Å². The maximum Gasteiger partial charge on any atom is 0.196 e. The van der Waals surface area contributed by atoms with E-state index in [1.807, 2.05) is 97.3 Å². The SMILES string of the molecule is Cc1ccc(C)c(C(=O)CSc2nnc(-c3ccccc3)n2-c2ccccc2)c1. The number of para-hydroxylation sites is 1. The fourth-order valence-electron chi connectivity index (χ4n) is 3.19. The average molecular weight is 400 g/mol. The highest BCUT2D eigenvalue weighted by molar-refractivity contribution is 7.99. The van der Waals surface area contributed by atoms with E-state index >= 15 is 0 Å². The second-order valence-electron chi connectivity index (χ2n) is 6.87. The number of carbonyl (C=O) groups is 1. The van der Waals surface area contributed by atoms with Crippen molar-refractivity contribution in [1.29, 1.82) is 0 Å². The van der Waals surface area contributed by atoms with Crippen molar-refractivity contribution in [2.75, 3.05) is 5.75 Å². The molecule has 0 spiro atoms. The zero-order valence-corrected chi connectivity index (χ0v) is 17.2. The first-order chi connectivity index (χ1) is 14.1. The quantitative estimate of drug-likeness (QED) is 0.316. The number of aromatic nitrogens is 3. The summed E-state index contributed by atoms with van der Waals surface area (Å²) in [7, 11) is 0. The van der Waals surface area contributed by atoms with E-state index in [4.69, 9.17) is 0 Å². The van der Waals surface area contributed by atoms with E-state index in [-0.39, 0.29) is 5.78 Å². The van der Waals surface area contributed by atoms with Gasteiger partial charge >= 0.3 is 0 Å². The van der Waals surface area contributed by atoms with Gasteiger partial charge in [-0.25, -0.2) is 0 Å². The van der Waals surface area contributed by atoms with E-state index in [1.165, 1.54) is 11.8 Å². The number of ketones is 1. The highest BCUT2D eigenvalue weighted by Gasteiger charge is 2.18. The van der Waals surface area contributed by atoms with Crippen molar-refractivity contribution in [3.05, 3.63) is 95.6 Å². The molecule has 4 aromatic rings. The molecule has 0 N–H and O–H groups in total. The van der Waals surface area contributed by atoms with Crippen LogP contribution < -0.4 is 0 Å². The Morgan fingerprint density at radius 3 is 2.31 bits per heavy atom. The molecule has 0 bridgehead atoms. The van der Waals surface area contributed by atoms with Crippen molar-refractivity contribution in [2.45, 2.75) is 19.0 Å². The highest BCUT2D eigenvalue weighted by Crippen LogP contribution is 2.28. The zero-order chi connectivity index (χ0) is 20.2. The number of carbonyl (C=O) groups excluding carboxylic acids is 1. The smallest absolute Gasteiger partial charge is 0.196 e. The summed E-state index contributed by atoms with van der Waals surface area (Å²) in [4.78, 5) is 12.8. The summed E-state index contributed by atoms with van der Waals surface area (Å²) in [5, 5.41) is 9.53. The molecular weight excluding hydrogens is 378 g/mol. The third kappa shape index (κ3) is 4.15. The molecular formula is C24H21N3OS. The van der Waals surface area contributed by atoms with Crippen LogP contribution in [0.3, 0.4) is 0 Å². The molecule has 0 amide bonds. The predicted molar refractivity (Wildman–Crippen MR) is 118 cm³/mol. The number of benzene rings is 3. The lowest BCUT2D eigenvalue weighted by Crippen LogP contribution is -2.07. The molecule has 0 unspecified atom stereocenters. The van der Waals surface area contributed by atoms with Gasteiger partial charge in [-0.15, -0.1) is 10.2 Å². The topological polar surface area (TPSA) is 47.8 Å². The minimum atomic E-state index is 0.0973. The van der Waals surface area contributed by atoms with Crippen molar-refractivity contribution >= 4 is 17.5 Å². The van der Waals surface area contributed by atoms with Crippen LogP contribution in [0, 0.1) is 13.8 Å². The van der Waals surface area contributed by atoms with Crippen molar-refractivity contribution < 1.29 is 4.79 Å². The van der Waals surface area contributed by atoms with Gasteiger partial charge in [-0.1, -0.05) is 78.0 Å². The van der Waals surface area contributed by atoms with Crippen LogP contribution in [0.15, 0.2) is 84.0 Å². The molecule has 29 heavy (non-hydrogen) atoms. The molecule has 4 nitrogen and oxygen atoms in total. The molecule has 1 heterocycles. The maximum atomic E-state index is 12.8. The fourth-order valence-corrected chi connectivity index (χ4v) is 4.03. The van der Waals surface area contributed by atoms with Gasteiger partial charge < -0.3 is 0 Å². The normalized spacial score (nSPS) is 10.8. The number of thioether (sulfide) groups is 1. The van der Waals surface area contributed by atoms with E-state index in [0.29, 0.717) is 10.9 Å². The molecule has 0 aliphatic heterocycles. The first-order valence-corrected chi connectivity index (χ1v) is 10.4. The minimum absolute atomic E-state index is 0.0973. The number of hydrogen-bond donors (Lipinski definition) is 0. The van der Waals surface area contributed by atoms with Crippen LogP contribution in [0.4, 0.5) is 0 Å². The Balaban J connectivity index is 1.67. The van der Waals surface area contributed by atoms with Crippen molar-refractivity contribution in [2.24, 2.45) is 0 Å². The summed E-state index contributed by atoms with van der Waals surface area (Å²) in [5.41, 5.74) is 4.81. The zero-order valence-electron chi connectivity index (χ0n) is 16.4. The van der Waals surface area contributed by atoms with Gasteiger partial charge in [0.2, 0.25) is 0 Å². The lowest BCUT2D eigenvalue weighted by atomic mass is 10.0. The van der Waals surface area contributed by atoms with Crippen molar-refractivity contribution in [3.8, 4) is 17.1 Å². The Kier molecular flexibility index (Phi) is 5.58. The Hall–Kier alpha value is -3.18. The van der Waals surface area contributed by atoms with Crippen LogP contribution in [0.1, 0.15) is 21.5 Å². The number of rotatable bonds is 6. The monoisotopic (exact) mass is 399 g/mol. The van der Waals surface area contributed by atoms with Crippen LogP contribution in [-0.2, 0) is 0 Å². The molecule has 0 aliphatic carbocycles. The van der Waals surface area contributed by atoms with Crippen molar-refractivity contribution in [1.82, 2.24) is 14.8 Å². The Bertz CT molecular complexity index is 1140. The van der Waals surface area contributed by atoms with E-state index in [2.05, 4.69) is 10.2 Å². The summed E-state index contributed by atoms with van der Waals surface area (Å²) in [6, 6.07) is 25.9. The second-order valence-corrected chi connectivity index (χ2v) is 7.82. The van der Waals surface area contributed by atoms with Crippen LogP contribution in [0.5, 0.6) is 0 Å². The summed E-state index contributed by atoms with van der Waals surface area (Å²) in [6.07, 6.45) is 0. The lowest BCUT2D eigenvalue weighted by Gasteiger charge is -2.10. The largest absolute Gasteiger partial charge is 0.293 e. The lowest BCUT2D eigenvalue weighted by molar-refractivity contribution is 0.102. The molecule has 0 saturated heterocycles. The third-order valence-corrected chi connectivity index (χ3v) is 5.63. The third-order valence-electron chi connectivity index (χ3n) is 4.71. The summed E-state index contributed by atoms with van der Waals surface area (Å²) in [6.45, 7) is 3.97. The molecule has 0 aliphatic rings. The van der Waals surface area contributed by atoms with Gasteiger partial charge in [0.1, 0.15) is 0 Å². The van der Waals surface area contributed by atoms with E-state index < -0.39 is 0 Å². The molecule has 0 radical (unpaired) electrons. The van der Waals surface area contributed by atoms with E-state index in [9.17, 15) is 4.79 Å². The molecule has 144 valence electrons. The maximum absolute atomic E-state index is 12.8. The van der Waals surface area contributed by atoms with Crippen LogP contribution in [-0.4, -0.2) is 26.3 Å². The molecule has 0 fully saturated rings. The number of Topliss-reactive ketones (excluding diaryl/α,β-unsaturated/α-hetero) is 1. The molecule has 3 aromatic carbocycles. The minimum Gasteiger partial charge on any atom is -0.293 e. The number of hydrogen-bond acceptors (Lipinski definition) is 4. The Labute approximate surface area is 174 Å². The Morgan fingerprint density at radius 1 is 0.897 bits per heavy atom. The van der Waals surface area contributed by atoms with Gasteiger partial charge in [0.25, 0.3) is 0 Å². The molecule has 0 saturated carbocycles. The first-order valence-electron chi connectivity index (χ1n) is 9.43. The summed E-state index contributed by atoms with van der Waals surface area (Å²) >= 11 is 1.41. The first kappa shape index (κ1) is 19.2. The van der Waals surface area contributed by atoms with Crippen LogP contribution in [0.2, 0.25) is 0 Å². The number of aryl methyl sites for hydroxylation is 2. The van der Waals surface area contributed by atoms with Gasteiger partial charge in [0.15, 0.2) is 16.8 Å². The standard InChI is InChI=1S/C24H21N3OS/c1-17-13-14-18(2)21(15-17)22(28)16-29-24-26-25-23(19-9-5-3-6-10-19)27(24)20-11-7-4-8-12-20/h3-15H,16H2,1-2H3. The molecule has 1 aromatic heterocycles. The van der Waals surface area contributed by atoms with Gasteiger partial charge in [-0.2, -0.15) is 0 Å². The molecule has 0 atom stereocenters.